The van der Waals surface area contributed by atoms with E-state index in [-0.39, 0.29) is 18.0 Å². The molecule has 0 spiro atoms. The molecule has 2 amide bonds. The van der Waals surface area contributed by atoms with Crippen LogP contribution < -0.4 is 10.6 Å². The van der Waals surface area contributed by atoms with Crippen molar-refractivity contribution in [1.29, 1.82) is 0 Å². The number of carbonyl (C=O) groups excluding carboxylic acids is 1. The number of nitrogens with one attached hydrogen (secondary N) is 2. The van der Waals surface area contributed by atoms with Crippen LogP contribution in [0.15, 0.2) is 0 Å². The summed E-state index contributed by atoms with van der Waals surface area (Å²) in [6.45, 7) is 1.50. The van der Waals surface area contributed by atoms with E-state index in [0.717, 1.165) is 25.7 Å². The van der Waals surface area contributed by atoms with E-state index in [9.17, 15) is 9.59 Å². The van der Waals surface area contributed by atoms with Gasteiger partial charge in [-0.2, -0.15) is 0 Å². The highest BCUT2D eigenvalue weighted by atomic mass is 16.4. The molecule has 0 atom stereocenters. The van der Waals surface area contributed by atoms with E-state index in [0.29, 0.717) is 0 Å². The Bertz CT molecular complexity index is 198. The molecule has 1 aliphatic rings. The third kappa shape index (κ3) is 3.64. The fourth-order valence-electron chi connectivity index (χ4n) is 1.84. The van der Waals surface area contributed by atoms with Gasteiger partial charge in [-0.15, -0.1) is 0 Å². The summed E-state index contributed by atoms with van der Waals surface area (Å²) >= 11 is 0. The van der Waals surface area contributed by atoms with Gasteiger partial charge >= 0.3 is 6.09 Å². The average Bonchev–Trinajstić information content (AvgIpc) is 2.06. The first kappa shape index (κ1) is 10.8. The first-order valence-electron chi connectivity index (χ1n) is 4.84. The predicted octanol–water partition coefficient (Wildman–Crippen LogP) is 0.701. The maximum atomic E-state index is 10.8. The lowest BCUT2D eigenvalue weighted by Gasteiger charge is -2.28. The van der Waals surface area contributed by atoms with Crippen LogP contribution in [-0.4, -0.2) is 29.2 Å². The van der Waals surface area contributed by atoms with Gasteiger partial charge in [0, 0.05) is 19.0 Å². The average molecular weight is 200 g/mol. The molecule has 0 aromatic rings. The van der Waals surface area contributed by atoms with E-state index in [1.165, 1.54) is 6.92 Å². The summed E-state index contributed by atoms with van der Waals surface area (Å²) in [4.78, 5) is 21.1. The van der Waals surface area contributed by atoms with Crippen LogP contribution in [0.3, 0.4) is 0 Å². The largest absolute Gasteiger partial charge is 0.465 e. The maximum absolute atomic E-state index is 10.8. The first-order valence-corrected chi connectivity index (χ1v) is 4.84. The summed E-state index contributed by atoms with van der Waals surface area (Å²) in [6.07, 6.45) is 2.34. The minimum absolute atomic E-state index is 0.0142. The van der Waals surface area contributed by atoms with Crippen molar-refractivity contribution in [2.75, 3.05) is 0 Å². The number of rotatable bonds is 2. The lowest BCUT2D eigenvalue weighted by molar-refractivity contribution is -0.119. The van der Waals surface area contributed by atoms with Crippen LogP contribution in [0, 0.1) is 0 Å². The highest BCUT2D eigenvalue weighted by Crippen LogP contribution is 2.18. The predicted molar refractivity (Wildman–Crippen MR) is 51.0 cm³/mol. The second-order valence-corrected chi connectivity index (χ2v) is 3.70. The first-order chi connectivity index (χ1) is 6.58. The van der Waals surface area contributed by atoms with Crippen molar-refractivity contribution in [1.82, 2.24) is 10.6 Å². The fraction of sp³-hybridized carbons (Fsp3) is 0.778. The van der Waals surface area contributed by atoms with Gasteiger partial charge in [0.2, 0.25) is 5.91 Å². The molecule has 0 aromatic heterocycles. The zero-order valence-electron chi connectivity index (χ0n) is 8.25. The quantitative estimate of drug-likeness (QED) is 0.614. The Balaban J connectivity index is 2.24. The molecule has 0 radical (unpaired) electrons. The molecule has 1 aliphatic carbocycles. The molecule has 80 valence electrons. The fourth-order valence-corrected chi connectivity index (χ4v) is 1.84. The van der Waals surface area contributed by atoms with E-state index >= 15 is 0 Å². The topological polar surface area (TPSA) is 78.4 Å². The third-order valence-electron chi connectivity index (χ3n) is 2.46. The minimum Gasteiger partial charge on any atom is -0.465 e. The zero-order chi connectivity index (χ0) is 10.6. The van der Waals surface area contributed by atoms with Crippen molar-refractivity contribution in [2.24, 2.45) is 0 Å². The number of carboxylic acid groups (broad SMARTS) is 1. The molecular weight excluding hydrogens is 184 g/mol. The molecule has 14 heavy (non-hydrogen) atoms. The van der Waals surface area contributed by atoms with E-state index in [2.05, 4.69) is 10.6 Å². The smallest absolute Gasteiger partial charge is 0.404 e. The van der Waals surface area contributed by atoms with Crippen LogP contribution >= 0.6 is 0 Å². The molecule has 5 nitrogen and oxygen atoms in total. The van der Waals surface area contributed by atoms with Gasteiger partial charge in [-0.1, -0.05) is 0 Å². The van der Waals surface area contributed by atoms with E-state index < -0.39 is 6.09 Å². The van der Waals surface area contributed by atoms with Crippen LogP contribution in [0.4, 0.5) is 4.79 Å². The Hall–Kier alpha value is -1.26. The van der Waals surface area contributed by atoms with Gasteiger partial charge in [0.05, 0.1) is 0 Å². The van der Waals surface area contributed by atoms with Crippen molar-refractivity contribution in [3.63, 3.8) is 0 Å². The minimum atomic E-state index is -0.965. The van der Waals surface area contributed by atoms with Crippen LogP contribution in [0.25, 0.3) is 0 Å². The number of amides is 2. The third-order valence-corrected chi connectivity index (χ3v) is 2.46. The molecule has 0 aliphatic heterocycles. The summed E-state index contributed by atoms with van der Waals surface area (Å²) in [5.74, 6) is -0.0142. The van der Waals surface area contributed by atoms with Gasteiger partial charge in [0.1, 0.15) is 0 Å². The van der Waals surface area contributed by atoms with E-state index in [1.807, 2.05) is 0 Å². The van der Waals surface area contributed by atoms with Gasteiger partial charge in [0.15, 0.2) is 0 Å². The molecule has 0 saturated heterocycles. The van der Waals surface area contributed by atoms with Crippen LogP contribution in [-0.2, 0) is 4.79 Å². The van der Waals surface area contributed by atoms with Gasteiger partial charge in [-0.25, -0.2) is 4.79 Å². The van der Waals surface area contributed by atoms with Gasteiger partial charge in [-0.05, 0) is 25.7 Å². The molecule has 0 aromatic carbocycles. The molecule has 1 saturated carbocycles. The van der Waals surface area contributed by atoms with Crippen molar-refractivity contribution in [3.05, 3.63) is 0 Å². The molecule has 5 heteroatoms. The summed E-state index contributed by atoms with van der Waals surface area (Å²) in [5, 5.41) is 13.8. The molecule has 1 fully saturated rings. The highest BCUT2D eigenvalue weighted by Gasteiger charge is 2.22. The summed E-state index contributed by atoms with van der Waals surface area (Å²) in [7, 11) is 0. The number of carbonyl (C=O) groups is 2. The summed E-state index contributed by atoms with van der Waals surface area (Å²) in [6, 6.07) is 0.275. The van der Waals surface area contributed by atoms with Crippen molar-refractivity contribution >= 4 is 12.0 Å². The maximum Gasteiger partial charge on any atom is 0.404 e. The number of hydrogen-bond acceptors (Lipinski definition) is 2. The highest BCUT2D eigenvalue weighted by molar-refractivity contribution is 5.73. The Morgan fingerprint density at radius 3 is 1.86 bits per heavy atom. The van der Waals surface area contributed by atoms with Gasteiger partial charge in [-0.3, -0.25) is 4.79 Å². The zero-order valence-corrected chi connectivity index (χ0v) is 8.25. The van der Waals surface area contributed by atoms with Crippen molar-refractivity contribution in [2.45, 2.75) is 44.7 Å². The number of hydrogen-bond donors (Lipinski definition) is 3. The summed E-state index contributed by atoms with van der Waals surface area (Å²) < 4.78 is 0. The van der Waals surface area contributed by atoms with E-state index in [4.69, 9.17) is 5.11 Å². The van der Waals surface area contributed by atoms with Crippen molar-refractivity contribution < 1.29 is 14.7 Å². The van der Waals surface area contributed by atoms with E-state index in [1.54, 1.807) is 0 Å². The Kier molecular flexibility index (Phi) is 3.73. The molecule has 0 heterocycles. The normalized spacial score (nSPS) is 26.6. The Morgan fingerprint density at radius 2 is 1.50 bits per heavy atom. The Labute approximate surface area is 82.9 Å². The molecule has 0 unspecified atom stereocenters. The standard InChI is InChI=1S/C9H16N2O3/c1-6(12)10-7-2-4-8(5-3-7)11-9(13)14/h7-8,11H,2-5H2,1H3,(H,10,12)(H,13,14)/t7-,8-. The molecule has 3 N–H and O–H groups in total. The van der Waals surface area contributed by atoms with Gasteiger partial charge < -0.3 is 15.7 Å². The monoisotopic (exact) mass is 200 g/mol. The SMILES string of the molecule is CC(=O)N[C@H]1CC[C@H](NC(=O)O)CC1. The molecule has 0 bridgehead atoms. The lowest BCUT2D eigenvalue weighted by Crippen LogP contribution is -2.42. The Morgan fingerprint density at radius 1 is 1.07 bits per heavy atom. The summed E-state index contributed by atoms with van der Waals surface area (Å²) in [5.41, 5.74) is 0. The second-order valence-electron chi connectivity index (χ2n) is 3.70. The van der Waals surface area contributed by atoms with Crippen LogP contribution in [0.2, 0.25) is 0 Å². The molecular formula is C9H16N2O3. The van der Waals surface area contributed by atoms with Gasteiger partial charge in [0.25, 0.3) is 0 Å². The molecule has 1 rings (SSSR count). The lowest BCUT2D eigenvalue weighted by atomic mass is 9.91. The van der Waals surface area contributed by atoms with Crippen LogP contribution in [0.5, 0.6) is 0 Å². The second kappa shape index (κ2) is 4.83. The van der Waals surface area contributed by atoms with Crippen LogP contribution in [0.1, 0.15) is 32.6 Å². The van der Waals surface area contributed by atoms with Crippen molar-refractivity contribution in [3.8, 4) is 0 Å².